The standard InChI is InChI=1S/C14H26N2O/c1-5-6-14(9-15-12(2)3)16(4)10-13-7-8-17-11-13/h7-8,11-12,14-15H,5-6,9-10H2,1-4H3. The van der Waals surface area contributed by atoms with Gasteiger partial charge in [0.15, 0.2) is 0 Å². The molecule has 0 bridgehead atoms. The summed E-state index contributed by atoms with van der Waals surface area (Å²) in [5.41, 5.74) is 1.25. The van der Waals surface area contributed by atoms with Crippen LogP contribution in [0.25, 0.3) is 0 Å². The van der Waals surface area contributed by atoms with Crippen LogP contribution in [0.2, 0.25) is 0 Å². The van der Waals surface area contributed by atoms with Crippen molar-refractivity contribution in [2.45, 2.75) is 52.2 Å². The molecule has 0 spiro atoms. The molecule has 0 saturated carbocycles. The second kappa shape index (κ2) is 7.51. The maximum absolute atomic E-state index is 5.11. The largest absolute Gasteiger partial charge is 0.472 e. The summed E-state index contributed by atoms with van der Waals surface area (Å²) in [6, 6.07) is 3.18. The Balaban J connectivity index is 2.44. The monoisotopic (exact) mass is 238 g/mol. The first-order valence-electron chi connectivity index (χ1n) is 6.58. The summed E-state index contributed by atoms with van der Waals surface area (Å²) in [6.45, 7) is 8.65. The Morgan fingerprint density at radius 1 is 1.41 bits per heavy atom. The van der Waals surface area contributed by atoms with Gasteiger partial charge in [-0.15, -0.1) is 0 Å². The van der Waals surface area contributed by atoms with Gasteiger partial charge in [-0.1, -0.05) is 27.2 Å². The fraction of sp³-hybridized carbons (Fsp3) is 0.714. The zero-order valence-electron chi connectivity index (χ0n) is 11.6. The lowest BCUT2D eigenvalue weighted by molar-refractivity contribution is 0.211. The van der Waals surface area contributed by atoms with Gasteiger partial charge in [-0.05, 0) is 19.5 Å². The van der Waals surface area contributed by atoms with Gasteiger partial charge < -0.3 is 9.73 Å². The van der Waals surface area contributed by atoms with Crippen LogP contribution in [-0.4, -0.2) is 30.6 Å². The molecule has 1 heterocycles. The molecule has 1 N–H and O–H groups in total. The molecule has 98 valence electrons. The van der Waals surface area contributed by atoms with Crippen LogP contribution in [0, 0.1) is 0 Å². The smallest absolute Gasteiger partial charge is 0.0947 e. The first-order valence-corrected chi connectivity index (χ1v) is 6.58. The number of hydrogen-bond acceptors (Lipinski definition) is 3. The van der Waals surface area contributed by atoms with Crippen LogP contribution in [0.1, 0.15) is 39.2 Å². The third-order valence-electron chi connectivity index (χ3n) is 3.02. The summed E-state index contributed by atoms with van der Waals surface area (Å²) < 4.78 is 5.11. The van der Waals surface area contributed by atoms with Gasteiger partial charge in [-0.25, -0.2) is 0 Å². The molecule has 0 aliphatic heterocycles. The second-order valence-electron chi connectivity index (χ2n) is 5.05. The Morgan fingerprint density at radius 3 is 2.71 bits per heavy atom. The number of likely N-dealkylation sites (N-methyl/N-ethyl adjacent to an activating group) is 1. The lowest BCUT2D eigenvalue weighted by Crippen LogP contribution is -2.41. The van der Waals surface area contributed by atoms with E-state index in [9.17, 15) is 0 Å². The van der Waals surface area contributed by atoms with Crippen molar-refractivity contribution in [3.8, 4) is 0 Å². The molecule has 0 fully saturated rings. The third-order valence-corrected chi connectivity index (χ3v) is 3.02. The van der Waals surface area contributed by atoms with E-state index in [4.69, 9.17) is 4.42 Å². The van der Waals surface area contributed by atoms with Crippen molar-refractivity contribution in [1.82, 2.24) is 10.2 Å². The first kappa shape index (κ1) is 14.3. The van der Waals surface area contributed by atoms with E-state index >= 15 is 0 Å². The lowest BCUT2D eigenvalue weighted by atomic mass is 10.1. The summed E-state index contributed by atoms with van der Waals surface area (Å²) in [5.74, 6) is 0. The average Bonchev–Trinajstić information content (AvgIpc) is 2.76. The molecule has 1 aromatic rings. The van der Waals surface area contributed by atoms with Gasteiger partial charge in [-0.2, -0.15) is 0 Å². The highest BCUT2D eigenvalue weighted by atomic mass is 16.3. The maximum Gasteiger partial charge on any atom is 0.0947 e. The minimum atomic E-state index is 0.552. The summed E-state index contributed by atoms with van der Waals surface area (Å²) in [6.07, 6.45) is 6.02. The molecule has 0 aliphatic carbocycles. The molecule has 1 unspecified atom stereocenters. The van der Waals surface area contributed by atoms with Crippen molar-refractivity contribution in [3.63, 3.8) is 0 Å². The molecule has 3 heteroatoms. The maximum atomic E-state index is 5.11. The minimum Gasteiger partial charge on any atom is -0.472 e. The molecular weight excluding hydrogens is 212 g/mol. The Labute approximate surface area is 105 Å². The molecule has 0 radical (unpaired) electrons. The van der Waals surface area contributed by atoms with Gasteiger partial charge in [-0.3, -0.25) is 4.90 Å². The van der Waals surface area contributed by atoms with E-state index in [0.29, 0.717) is 12.1 Å². The van der Waals surface area contributed by atoms with Crippen molar-refractivity contribution < 1.29 is 4.42 Å². The molecule has 0 aromatic carbocycles. The molecular formula is C14H26N2O. The van der Waals surface area contributed by atoms with E-state index in [1.54, 1.807) is 6.26 Å². The Bertz CT molecular complexity index is 282. The SMILES string of the molecule is CCCC(CNC(C)C)N(C)Cc1ccoc1. The molecule has 3 nitrogen and oxygen atoms in total. The normalized spacial score (nSPS) is 13.5. The van der Waals surface area contributed by atoms with Crippen LogP contribution in [0.3, 0.4) is 0 Å². The quantitative estimate of drug-likeness (QED) is 0.755. The lowest BCUT2D eigenvalue weighted by Gasteiger charge is -2.28. The first-order chi connectivity index (χ1) is 8.13. The molecule has 1 aromatic heterocycles. The summed E-state index contributed by atoms with van der Waals surface area (Å²) >= 11 is 0. The van der Waals surface area contributed by atoms with Gasteiger partial charge in [0.1, 0.15) is 0 Å². The molecule has 17 heavy (non-hydrogen) atoms. The van der Waals surface area contributed by atoms with Gasteiger partial charge in [0.25, 0.3) is 0 Å². The third kappa shape index (κ3) is 5.37. The second-order valence-corrected chi connectivity index (χ2v) is 5.05. The number of furan rings is 1. The molecule has 1 atom stereocenters. The van der Waals surface area contributed by atoms with Crippen molar-refractivity contribution in [2.75, 3.05) is 13.6 Å². The van der Waals surface area contributed by atoms with E-state index in [0.717, 1.165) is 13.1 Å². The molecule has 1 rings (SSSR count). The van der Waals surface area contributed by atoms with Crippen LogP contribution >= 0.6 is 0 Å². The van der Waals surface area contributed by atoms with Crippen molar-refractivity contribution in [2.24, 2.45) is 0 Å². The zero-order valence-corrected chi connectivity index (χ0v) is 11.6. The van der Waals surface area contributed by atoms with Gasteiger partial charge in [0, 0.05) is 30.7 Å². The Hall–Kier alpha value is -0.800. The van der Waals surface area contributed by atoms with E-state index in [2.05, 4.69) is 38.0 Å². The number of nitrogens with one attached hydrogen (secondary N) is 1. The Morgan fingerprint density at radius 2 is 2.18 bits per heavy atom. The highest BCUT2D eigenvalue weighted by molar-refractivity contribution is 5.05. The molecule has 0 aliphatic rings. The van der Waals surface area contributed by atoms with E-state index in [1.807, 2.05) is 12.3 Å². The minimum absolute atomic E-state index is 0.552. The molecule has 0 amide bonds. The van der Waals surface area contributed by atoms with Gasteiger partial charge >= 0.3 is 0 Å². The summed E-state index contributed by atoms with van der Waals surface area (Å²) in [7, 11) is 2.19. The Kier molecular flexibility index (Phi) is 6.30. The fourth-order valence-electron chi connectivity index (χ4n) is 1.98. The van der Waals surface area contributed by atoms with Gasteiger partial charge in [0.2, 0.25) is 0 Å². The number of rotatable bonds is 8. The highest BCUT2D eigenvalue weighted by Gasteiger charge is 2.14. The van der Waals surface area contributed by atoms with E-state index < -0.39 is 0 Å². The van der Waals surface area contributed by atoms with Crippen molar-refractivity contribution in [3.05, 3.63) is 24.2 Å². The van der Waals surface area contributed by atoms with Crippen LogP contribution in [0.15, 0.2) is 23.0 Å². The van der Waals surface area contributed by atoms with Crippen LogP contribution in [0.5, 0.6) is 0 Å². The zero-order chi connectivity index (χ0) is 12.7. The average molecular weight is 238 g/mol. The predicted octanol–water partition coefficient (Wildman–Crippen LogP) is 2.88. The summed E-state index contributed by atoms with van der Waals surface area (Å²) in [4.78, 5) is 2.41. The van der Waals surface area contributed by atoms with Crippen molar-refractivity contribution in [1.29, 1.82) is 0 Å². The van der Waals surface area contributed by atoms with Crippen LogP contribution < -0.4 is 5.32 Å². The number of nitrogens with zero attached hydrogens (tertiary/aromatic N) is 1. The van der Waals surface area contributed by atoms with Crippen molar-refractivity contribution >= 4 is 0 Å². The number of hydrogen-bond donors (Lipinski definition) is 1. The van der Waals surface area contributed by atoms with Crippen LogP contribution in [-0.2, 0) is 6.54 Å². The van der Waals surface area contributed by atoms with Gasteiger partial charge in [0.05, 0.1) is 12.5 Å². The van der Waals surface area contributed by atoms with E-state index in [-0.39, 0.29) is 0 Å². The molecule has 0 saturated heterocycles. The topological polar surface area (TPSA) is 28.4 Å². The fourth-order valence-corrected chi connectivity index (χ4v) is 1.98. The highest BCUT2D eigenvalue weighted by Crippen LogP contribution is 2.10. The predicted molar refractivity (Wildman–Crippen MR) is 72.0 cm³/mol. The summed E-state index contributed by atoms with van der Waals surface area (Å²) in [5, 5.41) is 3.53. The van der Waals surface area contributed by atoms with E-state index in [1.165, 1.54) is 18.4 Å². The van der Waals surface area contributed by atoms with Crippen LogP contribution in [0.4, 0.5) is 0 Å².